The van der Waals surface area contributed by atoms with E-state index in [-0.39, 0.29) is 12.1 Å². The van der Waals surface area contributed by atoms with E-state index in [0.29, 0.717) is 0 Å². The molecule has 0 aliphatic carbocycles. The van der Waals surface area contributed by atoms with Gasteiger partial charge in [0.15, 0.2) is 0 Å². The molecule has 0 spiro atoms. The second-order valence-electron chi connectivity index (χ2n) is 3.63. The van der Waals surface area contributed by atoms with Crippen LogP contribution in [-0.4, -0.2) is 55.7 Å². The van der Waals surface area contributed by atoms with Crippen LogP contribution in [0.3, 0.4) is 0 Å². The summed E-state index contributed by atoms with van der Waals surface area (Å²) in [5, 5.41) is 0. The summed E-state index contributed by atoms with van der Waals surface area (Å²) in [6, 6.07) is 0.250. The van der Waals surface area contributed by atoms with Crippen molar-refractivity contribution in [3.63, 3.8) is 0 Å². The van der Waals surface area contributed by atoms with Crippen molar-refractivity contribution >= 4 is 6.09 Å². The Morgan fingerprint density at radius 2 is 2.15 bits per heavy atom. The molecule has 4 heteroatoms. The maximum atomic E-state index is 11.3. The molecule has 0 saturated carbocycles. The highest BCUT2D eigenvalue weighted by atomic mass is 16.5. The molecule has 0 radical (unpaired) electrons. The minimum absolute atomic E-state index is 0.206. The zero-order chi connectivity index (χ0) is 9.84. The van der Waals surface area contributed by atoms with Gasteiger partial charge in [-0.05, 0) is 26.9 Å². The van der Waals surface area contributed by atoms with Crippen LogP contribution < -0.4 is 0 Å². The average Bonchev–Trinajstić information content (AvgIpc) is 2.25. The highest BCUT2D eigenvalue weighted by Crippen LogP contribution is 2.09. The Morgan fingerprint density at radius 3 is 2.77 bits per heavy atom. The van der Waals surface area contributed by atoms with Crippen molar-refractivity contribution in [2.24, 2.45) is 0 Å². The number of hydrogen-bond donors (Lipinski definition) is 0. The molecular weight excluding hydrogens is 168 g/mol. The molecule has 0 N–H and O–H groups in total. The van der Waals surface area contributed by atoms with E-state index < -0.39 is 0 Å². The Bertz CT molecular complexity index is 184. The minimum atomic E-state index is -0.206. The summed E-state index contributed by atoms with van der Waals surface area (Å²) in [6.45, 7) is 4.84. The third-order valence-electron chi connectivity index (χ3n) is 2.46. The Morgan fingerprint density at radius 1 is 1.46 bits per heavy atom. The van der Waals surface area contributed by atoms with Crippen LogP contribution in [0.15, 0.2) is 0 Å². The third-order valence-corrected chi connectivity index (χ3v) is 2.46. The summed E-state index contributed by atoms with van der Waals surface area (Å²) in [7, 11) is 3.51. The second kappa shape index (κ2) is 4.46. The van der Waals surface area contributed by atoms with Crippen LogP contribution >= 0.6 is 0 Å². The van der Waals surface area contributed by atoms with Crippen molar-refractivity contribution in [1.29, 1.82) is 0 Å². The molecule has 1 rings (SSSR count). The van der Waals surface area contributed by atoms with Crippen molar-refractivity contribution in [1.82, 2.24) is 9.80 Å². The lowest BCUT2D eigenvalue weighted by Gasteiger charge is -2.26. The first kappa shape index (κ1) is 10.3. The fourth-order valence-electron chi connectivity index (χ4n) is 1.76. The highest BCUT2D eigenvalue weighted by molar-refractivity contribution is 5.67. The Labute approximate surface area is 79.4 Å². The molecule has 0 aromatic rings. The molecule has 1 aliphatic heterocycles. The molecule has 1 unspecified atom stereocenters. The summed E-state index contributed by atoms with van der Waals surface area (Å²) in [5.41, 5.74) is 0. The first-order chi connectivity index (χ1) is 6.15. The van der Waals surface area contributed by atoms with Gasteiger partial charge in [-0.3, -0.25) is 0 Å². The van der Waals surface area contributed by atoms with Gasteiger partial charge in [-0.2, -0.15) is 0 Å². The number of methoxy groups -OCH3 is 1. The standard InChI is InChI=1S/C9H18N2O2/c1-8-7-10(2)5-4-6-11(8)9(12)13-3/h8H,4-7H2,1-3H3. The number of likely N-dealkylation sites (N-methyl/N-ethyl adjacent to an activating group) is 1. The van der Waals surface area contributed by atoms with Gasteiger partial charge in [0.2, 0.25) is 0 Å². The molecule has 1 amide bonds. The van der Waals surface area contributed by atoms with Gasteiger partial charge in [-0.25, -0.2) is 4.79 Å². The smallest absolute Gasteiger partial charge is 0.409 e. The normalized spacial score (nSPS) is 25.5. The van der Waals surface area contributed by atoms with E-state index in [2.05, 4.69) is 18.9 Å². The lowest BCUT2D eigenvalue weighted by atomic mass is 10.3. The van der Waals surface area contributed by atoms with Crippen LogP contribution in [0.4, 0.5) is 4.79 Å². The van der Waals surface area contributed by atoms with Gasteiger partial charge >= 0.3 is 6.09 Å². The Hall–Kier alpha value is -0.770. The molecule has 1 atom stereocenters. The van der Waals surface area contributed by atoms with E-state index >= 15 is 0 Å². The summed E-state index contributed by atoms with van der Waals surface area (Å²) < 4.78 is 4.72. The molecule has 0 bridgehead atoms. The first-order valence-corrected chi connectivity index (χ1v) is 4.68. The van der Waals surface area contributed by atoms with Crippen LogP contribution in [-0.2, 0) is 4.74 Å². The highest BCUT2D eigenvalue weighted by Gasteiger charge is 2.23. The second-order valence-corrected chi connectivity index (χ2v) is 3.63. The van der Waals surface area contributed by atoms with Crippen molar-refractivity contribution in [3.8, 4) is 0 Å². The molecule has 4 nitrogen and oxygen atoms in total. The number of ether oxygens (including phenoxy) is 1. The third kappa shape index (κ3) is 2.59. The molecular formula is C9H18N2O2. The summed E-state index contributed by atoms with van der Waals surface area (Å²) in [4.78, 5) is 15.4. The fraction of sp³-hybridized carbons (Fsp3) is 0.889. The molecule has 1 fully saturated rings. The van der Waals surface area contributed by atoms with E-state index in [4.69, 9.17) is 4.74 Å². The number of carbonyl (C=O) groups is 1. The Kier molecular flexibility index (Phi) is 3.54. The van der Waals surface area contributed by atoms with Crippen LogP contribution in [0.25, 0.3) is 0 Å². The van der Waals surface area contributed by atoms with Gasteiger partial charge in [-0.1, -0.05) is 0 Å². The predicted molar refractivity (Wildman–Crippen MR) is 50.7 cm³/mol. The SMILES string of the molecule is COC(=O)N1CCCN(C)CC1C. The maximum Gasteiger partial charge on any atom is 0.409 e. The van der Waals surface area contributed by atoms with Crippen LogP contribution in [0.5, 0.6) is 0 Å². The number of hydrogen-bond acceptors (Lipinski definition) is 3. The molecule has 1 aliphatic rings. The summed E-state index contributed by atoms with van der Waals surface area (Å²) in [5.74, 6) is 0. The zero-order valence-electron chi connectivity index (χ0n) is 8.62. The zero-order valence-corrected chi connectivity index (χ0v) is 8.62. The summed E-state index contributed by atoms with van der Waals surface area (Å²) >= 11 is 0. The lowest BCUT2D eigenvalue weighted by molar-refractivity contribution is 0.109. The first-order valence-electron chi connectivity index (χ1n) is 4.68. The van der Waals surface area contributed by atoms with Crippen molar-refractivity contribution in [2.75, 3.05) is 33.8 Å². The quantitative estimate of drug-likeness (QED) is 0.560. The van der Waals surface area contributed by atoms with Gasteiger partial charge in [0, 0.05) is 19.1 Å². The van der Waals surface area contributed by atoms with Crippen LogP contribution in [0, 0.1) is 0 Å². The van der Waals surface area contributed by atoms with Gasteiger partial charge in [0.05, 0.1) is 7.11 Å². The van der Waals surface area contributed by atoms with Crippen molar-refractivity contribution in [2.45, 2.75) is 19.4 Å². The number of rotatable bonds is 0. The topological polar surface area (TPSA) is 32.8 Å². The monoisotopic (exact) mass is 186 g/mol. The molecule has 1 saturated heterocycles. The van der Waals surface area contributed by atoms with E-state index in [1.54, 1.807) is 4.90 Å². The van der Waals surface area contributed by atoms with Gasteiger partial charge in [0.25, 0.3) is 0 Å². The van der Waals surface area contributed by atoms with E-state index in [9.17, 15) is 4.79 Å². The van der Waals surface area contributed by atoms with E-state index in [1.165, 1.54) is 7.11 Å². The fourth-order valence-corrected chi connectivity index (χ4v) is 1.76. The Balaban J connectivity index is 2.57. The lowest BCUT2D eigenvalue weighted by Crippen LogP contribution is -2.41. The van der Waals surface area contributed by atoms with Gasteiger partial charge in [-0.15, -0.1) is 0 Å². The van der Waals surface area contributed by atoms with E-state index in [0.717, 1.165) is 26.1 Å². The number of carbonyl (C=O) groups excluding carboxylic acids is 1. The number of amides is 1. The predicted octanol–water partition coefficient (Wildman–Crippen LogP) is 0.779. The van der Waals surface area contributed by atoms with Crippen LogP contribution in [0.2, 0.25) is 0 Å². The molecule has 0 aromatic heterocycles. The van der Waals surface area contributed by atoms with Gasteiger partial charge in [0.1, 0.15) is 0 Å². The van der Waals surface area contributed by atoms with Crippen molar-refractivity contribution < 1.29 is 9.53 Å². The average molecular weight is 186 g/mol. The summed E-state index contributed by atoms with van der Waals surface area (Å²) in [6.07, 6.45) is 0.818. The van der Waals surface area contributed by atoms with Crippen LogP contribution in [0.1, 0.15) is 13.3 Å². The van der Waals surface area contributed by atoms with E-state index in [1.807, 2.05) is 0 Å². The largest absolute Gasteiger partial charge is 0.453 e. The van der Waals surface area contributed by atoms with Crippen molar-refractivity contribution in [3.05, 3.63) is 0 Å². The molecule has 76 valence electrons. The minimum Gasteiger partial charge on any atom is -0.453 e. The molecule has 0 aromatic carbocycles. The number of nitrogens with zero attached hydrogens (tertiary/aromatic N) is 2. The van der Waals surface area contributed by atoms with Gasteiger partial charge < -0.3 is 14.5 Å². The maximum absolute atomic E-state index is 11.3. The molecule has 13 heavy (non-hydrogen) atoms. The molecule has 1 heterocycles.